The molecule has 2 rings (SSSR count). The first kappa shape index (κ1) is 12.1. The number of hydrogen-bond donors (Lipinski definition) is 3. The van der Waals surface area contributed by atoms with Gasteiger partial charge in [-0.2, -0.15) is 4.98 Å². The first-order valence-electron chi connectivity index (χ1n) is 6.01. The van der Waals surface area contributed by atoms with Crippen LogP contribution in [-0.2, 0) is 4.74 Å². The Morgan fingerprint density at radius 1 is 1.47 bits per heavy atom. The summed E-state index contributed by atoms with van der Waals surface area (Å²) in [4.78, 5) is 8.43. The molecule has 1 aromatic rings. The largest absolute Gasteiger partial charge is 0.376 e. The summed E-state index contributed by atoms with van der Waals surface area (Å²) >= 11 is 0. The zero-order valence-corrected chi connectivity index (χ0v) is 9.85. The smallest absolute Gasteiger partial charge is 0.224 e. The molecule has 6 nitrogen and oxygen atoms in total. The Morgan fingerprint density at radius 2 is 2.41 bits per heavy atom. The van der Waals surface area contributed by atoms with E-state index in [-0.39, 0.29) is 0 Å². The van der Waals surface area contributed by atoms with Crippen LogP contribution in [0.5, 0.6) is 0 Å². The molecule has 0 saturated carbocycles. The molecule has 17 heavy (non-hydrogen) atoms. The fraction of sp³-hybridized carbons (Fsp3) is 0.636. The summed E-state index contributed by atoms with van der Waals surface area (Å²) in [5, 5.41) is 6.30. The summed E-state index contributed by atoms with van der Waals surface area (Å²) in [6.45, 7) is 2.92. The Hall–Kier alpha value is -1.40. The Balaban J connectivity index is 1.82. The second kappa shape index (κ2) is 6.36. The molecule has 1 atom stereocenters. The van der Waals surface area contributed by atoms with Gasteiger partial charge in [0, 0.05) is 32.4 Å². The predicted octanol–water partition coefficient (Wildman–Crippen LogP) is 0.438. The van der Waals surface area contributed by atoms with Gasteiger partial charge in [-0.3, -0.25) is 0 Å². The van der Waals surface area contributed by atoms with Gasteiger partial charge in [-0.1, -0.05) is 0 Å². The average Bonchev–Trinajstić information content (AvgIpc) is 2.87. The third-order valence-electron chi connectivity index (χ3n) is 2.62. The summed E-state index contributed by atoms with van der Waals surface area (Å²) in [6.07, 6.45) is 4.31. The Kier molecular flexibility index (Phi) is 4.52. The average molecular weight is 237 g/mol. The van der Waals surface area contributed by atoms with Crippen molar-refractivity contribution < 1.29 is 4.74 Å². The highest BCUT2D eigenvalue weighted by Crippen LogP contribution is 2.13. The number of rotatable bonds is 6. The van der Waals surface area contributed by atoms with E-state index in [9.17, 15) is 0 Å². The normalized spacial score (nSPS) is 19.2. The van der Waals surface area contributed by atoms with Crippen LogP contribution in [0, 0.1) is 0 Å². The number of aromatic nitrogens is 2. The van der Waals surface area contributed by atoms with E-state index in [1.54, 1.807) is 6.20 Å². The number of nitrogens with two attached hydrogens (primary N) is 1. The van der Waals surface area contributed by atoms with Gasteiger partial charge in [0.2, 0.25) is 5.95 Å². The van der Waals surface area contributed by atoms with Crippen LogP contribution in [0.25, 0.3) is 0 Å². The van der Waals surface area contributed by atoms with E-state index >= 15 is 0 Å². The van der Waals surface area contributed by atoms with Crippen LogP contribution in [0.4, 0.5) is 11.8 Å². The molecule has 1 aliphatic heterocycles. The van der Waals surface area contributed by atoms with Gasteiger partial charge in [-0.05, 0) is 18.9 Å². The Morgan fingerprint density at radius 3 is 3.18 bits per heavy atom. The van der Waals surface area contributed by atoms with Gasteiger partial charge >= 0.3 is 0 Å². The number of hydrogen-bond acceptors (Lipinski definition) is 6. The van der Waals surface area contributed by atoms with Crippen LogP contribution in [0.1, 0.15) is 12.8 Å². The Bertz CT molecular complexity index is 340. The molecule has 0 aliphatic carbocycles. The van der Waals surface area contributed by atoms with Crippen LogP contribution in [0.2, 0.25) is 0 Å². The van der Waals surface area contributed by atoms with Crippen molar-refractivity contribution in [1.82, 2.24) is 9.97 Å². The van der Waals surface area contributed by atoms with Crippen molar-refractivity contribution in [2.24, 2.45) is 5.73 Å². The van der Waals surface area contributed by atoms with E-state index < -0.39 is 0 Å². The number of nitrogens with zero attached hydrogens (tertiary/aromatic N) is 2. The lowest BCUT2D eigenvalue weighted by atomic mass is 10.2. The summed E-state index contributed by atoms with van der Waals surface area (Å²) in [5.74, 6) is 1.42. The molecule has 6 heteroatoms. The first-order valence-corrected chi connectivity index (χ1v) is 6.01. The molecule has 1 fully saturated rings. The van der Waals surface area contributed by atoms with Crippen LogP contribution in [0.3, 0.4) is 0 Å². The Labute approximate surface area is 101 Å². The van der Waals surface area contributed by atoms with Gasteiger partial charge in [0.15, 0.2) is 0 Å². The molecular formula is C11H19N5O. The standard InChI is InChI=1S/C11H19N5O/c12-4-6-14-11-13-5-3-10(16-11)15-8-9-2-1-7-17-9/h3,5,9H,1-2,4,6-8,12H2,(H2,13,14,15,16). The molecule has 1 aliphatic rings. The second-order valence-corrected chi connectivity index (χ2v) is 4.00. The molecule has 0 amide bonds. The minimum atomic E-state index is 0.311. The zero-order valence-electron chi connectivity index (χ0n) is 9.85. The van der Waals surface area contributed by atoms with Gasteiger partial charge in [0.05, 0.1) is 6.10 Å². The van der Waals surface area contributed by atoms with Gasteiger partial charge < -0.3 is 21.1 Å². The van der Waals surface area contributed by atoms with E-state index in [1.165, 1.54) is 0 Å². The van der Waals surface area contributed by atoms with Crippen molar-refractivity contribution >= 4 is 11.8 Å². The predicted molar refractivity (Wildman–Crippen MR) is 67.0 cm³/mol. The number of nitrogens with one attached hydrogen (secondary N) is 2. The van der Waals surface area contributed by atoms with Crippen molar-refractivity contribution in [3.63, 3.8) is 0 Å². The summed E-state index contributed by atoms with van der Waals surface area (Å²) in [6, 6.07) is 1.85. The van der Waals surface area contributed by atoms with Gasteiger partial charge in [0.25, 0.3) is 0 Å². The highest BCUT2D eigenvalue weighted by molar-refractivity contribution is 5.39. The highest BCUT2D eigenvalue weighted by atomic mass is 16.5. The van der Waals surface area contributed by atoms with E-state index in [0.717, 1.165) is 31.8 Å². The van der Waals surface area contributed by atoms with Crippen LogP contribution in [0.15, 0.2) is 12.3 Å². The fourth-order valence-electron chi connectivity index (χ4n) is 1.75. The molecule has 0 radical (unpaired) electrons. The lowest BCUT2D eigenvalue weighted by Crippen LogP contribution is -2.19. The van der Waals surface area contributed by atoms with Crippen molar-refractivity contribution in [3.8, 4) is 0 Å². The molecule has 1 unspecified atom stereocenters. The molecule has 2 heterocycles. The van der Waals surface area contributed by atoms with Crippen molar-refractivity contribution in [2.45, 2.75) is 18.9 Å². The topological polar surface area (TPSA) is 85.1 Å². The summed E-state index contributed by atoms with van der Waals surface area (Å²) < 4.78 is 5.53. The minimum Gasteiger partial charge on any atom is -0.376 e. The molecule has 0 aromatic carbocycles. The lowest BCUT2D eigenvalue weighted by molar-refractivity contribution is 0.120. The van der Waals surface area contributed by atoms with Crippen LogP contribution < -0.4 is 16.4 Å². The summed E-state index contributed by atoms with van der Waals surface area (Å²) in [5.41, 5.74) is 5.41. The van der Waals surface area contributed by atoms with Gasteiger partial charge in [-0.25, -0.2) is 4.98 Å². The monoisotopic (exact) mass is 237 g/mol. The molecule has 1 saturated heterocycles. The quantitative estimate of drug-likeness (QED) is 0.665. The third kappa shape index (κ3) is 3.83. The molecule has 0 spiro atoms. The molecular weight excluding hydrogens is 218 g/mol. The van der Waals surface area contributed by atoms with E-state index in [1.807, 2.05) is 6.07 Å². The first-order chi connectivity index (χ1) is 8.38. The maximum atomic E-state index is 5.53. The van der Waals surface area contributed by atoms with E-state index in [2.05, 4.69) is 20.6 Å². The second-order valence-electron chi connectivity index (χ2n) is 4.00. The van der Waals surface area contributed by atoms with Gasteiger partial charge in [-0.15, -0.1) is 0 Å². The number of anilines is 2. The fourth-order valence-corrected chi connectivity index (χ4v) is 1.75. The zero-order chi connectivity index (χ0) is 11.9. The van der Waals surface area contributed by atoms with Crippen LogP contribution >= 0.6 is 0 Å². The highest BCUT2D eigenvalue weighted by Gasteiger charge is 2.14. The summed E-state index contributed by atoms with van der Waals surface area (Å²) in [7, 11) is 0. The van der Waals surface area contributed by atoms with Crippen molar-refractivity contribution in [1.29, 1.82) is 0 Å². The van der Waals surface area contributed by atoms with Gasteiger partial charge in [0.1, 0.15) is 5.82 Å². The number of ether oxygens (including phenoxy) is 1. The third-order valence-corrected chi connectivity index (χ3v) is 2.62. The SMILES string of the molecule is NCCNc1nccc(NCC2CCCO2)n1. The van der Waals surface area contributed by atoms with Crippen molar-refractivity contribution in [2.75, 3.05) is 36.9 Å². The van der Waals surface area contributed by atoms with Crippen LogP contribution in [-0.4, -0.2) is 42.3 Å². The van der Waals surface area contributed by atoms with E-state index in [4.69, 9.17) is 10.5 Å². The van der Waals surface area contributed by atoms with E-state index in [0.29, 0.717) is 25.1 Å². The lowest BCUT2D eigenvalue weighted by Gasteiger charge is -2.11. The molecule has 4 N–H and O–H groups in total. The minimum absolute atomic E-state index is 0.311. The maximum absolute atomic E-state index is 5.53. The molecule has 94 valence electrons. The van der Waals surface area contributed by atoms with Crippen molar-refractivity contribution in [3.05, 3.63) is 12.3 Å². The molecule has 1 aromatic heterocycles. The molecule has 0 bridgehead atoms. The maximum Gasteiger partial charge on any atom is 0.224 e.